The summed E-state index contributed by atoms with van der Waals surface area (Å²) in [4.78, 5) is 14.1. The summed E-state index contributed by atoms with van der Waals surface area (Å²) in [5.74, 6) is 0.361. The van der Waals surface area contributed by atoms with Gasteiger partial charge in [0.1, 0.15) is 11.6 Å². The summed E-state index contributed by atoms with van der Waals surface area (Å²) in [6.07, 6.45) is 3.93. The van der Waals surface area contributed by atoms with Crippen LogP contribution in [-0.2, 0) is 4.79 Å². The van der Waals surface area contributed by atoms with Crippen molar-refractivity contribution in [2.45, 2.75) is 37.5 Å². The van der Waals surface area contributed by atoms with Gasteiger partial charge in [0, 0.05) is 17.9 Å². The maximum atomic E-state index is 13.6. The standard InChI is InChI=1S/C18H20F2N4O2/c19-13-3-4-15(14(20)9-13)21-16(25)10-24-7-5-12(6-8-24)18-23-22-17(26-18)11-1-2-11/h3-4,9,11-12H,1-2,5-8,10H2,(H,21,25). The van der Waals surface area contributed by atoms with Crippen LogP contribution in [0, 0.1) is 11.6 Å². The van der Waals surface area contributed by atoms with Gasteiger partial charge in [-0.1, -0.05) is 0 Å². The molecule has 0 radical (unpaired) electrons. The molecule has 1 amide bonds. The maximum Gasteiger partial charge on any atom is 0.238 e. The molecule has 4 rings (SSSR count). The number of likely N-dealkylation sites (tertiary alicyclic amines) is 1. The van der Waals surface area contributed by atoms with E-state index < -0.39 is 11.6 Å². The van der Waals surface area contributed by atoms with Crippen molar-refractivity contribution in [3.8, 4) is 0 Å². The quantitative estimate of drug-likeness (QED) is 0.885. The highest BCUT2D eigenvalue weighted by atomic mass is 19.1. The highest BCUT2D eigenvalue weighted by molar-refractivity contribution is 5.92. The zero-order valence-electron chi connectivity index (χ0n) is 14.3. The molecule has 2 aliphatic rings. The predicted octanol–water partition coefficient (Wildman–Crippen LogP) is 3.04. The van der Waals surface area contributed by atoms with Crippen LogP contribution in [0.1, 0.15) is 49.3 Å². The zero-order valence-corrected chi connectivity index (χ0v) is 14.3. The molecule has 1 aliphatic carbocycles. The first-order valence-corrected chi connectivity index (χ1v) is 8.89. The predicted molar refractivity (Wildman–Crippen MR) is 89.7 cm³/mol. The second-order valence-corrected chi connectivity index (χ2v) is 6.98. The summed E-state index contributed by atoms with van der Waals surface area (Å²) in [5, 5.41) is 10.8. The highest BCUT2D eigenvalue weighted by Crippen LogP contribution is 2.40. The molecule has 1 saturated heterocycles. The van der Waals surface area contributed by atoms with Gasteiger partial charge in [0.15, 0.2) is 0 Å². The molecule has 0 atom stereocenters. The Morgan fingerprint density at radius 3 is 2.38 bits per heavy atom. The lowest BCUT2D eigenvalue weighted by molar-refractivity contribution is -0.117. The van der Waals surface area contributed by atoms with E-state index >= 15 is 0 Å². The average molecular weight is 362 g/mol. The van der Waals surface area contributed by atoms with Crippen LogP contribution < -0.4 is 5.32 Å². The summed E-state index contributed by atoms with van der Waals surface area (Å²) in [7, 11) is 0. The Hall–Kier alpha value is -2.35. The molecule has 2 aromatic rings. The normalized spacial score (nSPS) is 18.8. The van der Waals surface area contributed by atoms with Crippen LogP contribution in [0.3, 0.4) is 0 Å². The number of hydrogen-bond donors (Lipinski definition) is 1. The van der Waals surface area contributed by atoms with E-state index in [1.165, 1.54) is 6.07 Å². The Bertz CT molecular complexity index is 798. The Labute approximate surface area is 149 Å². The molecule has 2 heterocycles. The molecular weight excluding hydrogens is 342 g/mol. The molecule has 0 bridgehead atoms. The van der Waals surface area contributed by atoms with E-state index in [0.29, 0.717) is 11.8 Å². The number of anilines is 1. The minimum absolute atomic E-state index is 0.00949. The first kappa shape index (κ1) is 17.1. The second kappa shape index (κ2) is 7.11. The molecule has 1 aromatic heterocycles. The third kappa shape index (κ3) is 3.90. The van der Waals surface area contributed by atoms with Gasteiger partial charge in [-0.15, -0.1) is 10.2 Å². The van der Waals surface area contributed by atoms with Crippen molar-refractivity contribution in [3.05, 3.63) is 41.6 Å². The van der Waals surface area contributed by atoms with Crippen molar-refractivity contribution in [2.24, 2.45) is 0 Å². The van der Waals surface area contributed by atoms with Crippen molar-refractivity contribution in [1.82, 2.24) is 15.1 Å². The summed E-state index contributed by atoms with van der Waals surface area (Å²) < 4.78 is 32.3. The molecule has 0 spiro atoms. The van der Waals surface area contributed by atoms with Crippen LogP contribution >= 0.6 is 0 Å². The van der Waals surface area contributed by atoms with Gasteiger partial charge in [-0.3, -0.25) is 9.69 Å². The largest absolute Gasteiger partial charge is 0.425 e. The number of carbonyl (C=O) groups is 1. The van der Waals surface area contributed by atoms with Crippen molar-refractivity contribution in [1.29, 1.82) is 0 Å². The smallest absolute Gasteiger partial charge is 0.238 e. The van der Waals surface area contributed by atoms with Gasteiger partial charge in [0.05, 0.1) is 12.2 Å². The highest BCUT2D eigenvalue weighted by Gasteiger charge is 2.32. The molecule has 0 unspecified atom stereocenters. The third-order valence-electron chi connectivity index (χ3n) is 4.89. The lowest BCUT2D eigenvalue weighted by atomic mass is 9.97. The Morgan fingerprint density at radius 1 is 1.12 bits per heavy atom. The number of benzene rings is 1. The number of rotatable bonds is 5. The summed E-state index contributed by atoms with van der Waals surface area (Å²) in [5.41, 5.74) is -0.00949. The van der Waals surface area contributed by atoms with Gasteiger partial charge in [-0.25, -0.2) is 8.78 Å². The average Bonchev–Trinajstić information content (AvgIpc) is 3.35. The molecule has 1 aliphatic heterocycles. The summed E-state index contributed by atoms with van der Waals surface area (Å²) in [6, 6.07) is 3.09. The number of nitrogens with one attached hydrogen (secondary N) is 1. The van der Waals surface area contributed by atoms with Crippen molar-refractivity contribution in [3.63, 3.8) is 0 Å². The number of aromatic nitrogens is 2. The SMILES string of the molecule is O=C(CN1CCC(c2nnc(C3CC3)o2)CC1)Nc1ccc(F)cc1F. The molecule has 6 nitrogen and oxygen atoms in total. The number of piperidine rings is 1. The molecule has 1 N–H and O–H groups in total. The van der Waals surface area contributed by atoms with E-state index in [-0.39, 0.29) is 24.1 Å². The first-order valence-electron chi connectivity index (χ1n) is 8.89. The fraction of sp³-hybridized carbons (Fsp3) is 0.500. The summed E-state index contributed by atoms with van der Waals surface area (Å²) >= 11 is 0. The molecule has 26 heavy (non-hydrogen) atoms. The lowest BCUT2D eigenvalue weighted by Crippen LogP contribution is -2.38. The third-order valence-corrected chi connectivity index (χ3v) is 4.89. The van der Waals surface area contributed by atoms with Crippen LogP contribution in [0.25, 0.3) is 0 Å². The molecule has 138 valence electrons. The molecule has 8 heteroatoms. The van der Waals surface area contributed by atoms with Gasteiger partial charge in [-0.2, -0.15) is 0 Å². The van der Waals surface area contributed by atoms with Crippen LogP contribution in [0.5, 0.6) is 0 Å². The second-order valence-electron chi connectivity index (χ2n) is 6.98. The maximum absolute atomic E-state index is 13.6. The van der Waals surface area contributed by atoms with E-state index in [1.807, 2.05) is 4.90 Å². The molecular formula is C18H20F2N4O2. The van der Waals surface area contributed by atoms with Gasteiger partial charge < -0.3 is 9.73 Å². The lowest BCUT2D eigenvalue weighted by Gasteiger charge is -2.29. The number of amides is 1. The number of hydrogen-bond acceptors (Lipinski definition) is 5. The van der Waals surface area contributed by atoms with E-state index in [0.717, 1.165) is 56.8 Å². The minimum atomic E-state index is -0.778. The van der Waals surface area contributed by atoms with E-state index in [1.54, 1.807) is 0 Å². The van der Waals surface area contributed by atoms with E-state index in [4.69, 9.17) is 4.42 Å². The van der Waals surface area contributed by atoms with Crippen LogP contribution in [0.15, 0.2) is 22.6 Å². The fourth-order valence-corrected chi connectivity index (χ4v) is 3.23. The van der Waals surface area contributed by atoms with Gasteiger partial charge in [-0.05, 0) is 50.9 Å². The number of carbonyl (C=O) groups excluding carboxylic acids is 1. The van der Waals surface area contributed by atoms with Crippen molar-refractivity contribution in [2.75, 3.05) is 25.0 Å². The Morgan fingerprint density at radius 2 is 1.77 bits per heavy atom. The minimum Gasteiger partial charge on any atom is -0.425 e. The molecule has 1 saturated carbocycles. The van der Waals surface area contributed by atoms with Gasteiger partial charge in [0.2, 0.25) is 17.7 Å². The first-order chi connectivity index (χ1) is 12.6. The van der Waals surface area contributed by atoms with E-state index in [9.17, 15) is 13.6 Å². The van der Waals surface area contributed by atoms with Crippen molar-refractivity contribution >= 4 is 11.6 Å². The Balaban J connectivity index is 1.27. The summed E-state index contributed by atoms with van der Waals surface area (Å²) in [6.45, 7) is 1.62. The van der Waals surface area contributed by atoms with Crippen LogP contribution in [-0.4, -0.2) is 40.6 Å². The topological polar surface area (TPSA) is 71.3 Å². The Kier molecular flexibility index (Phi) is 4.67. The number of halogens is 2. The molecule has 1 aromatic carbocycles. The van der Waals surface area contributed by atoms with E-state index in [2.05, 4.69) is 15.5 Å². The fourth-order valence-electron chi connectivity index (χ4n) is 3.23. The van der Waals surface area contributed by atoms with Gasteiger partial charge in [0.25, 0.3) is 0 Å². The molecule has 2 fully saturated rings. The van der Waals surface area contributed by atoms with Crippen LogP contribution in [0.2, 0.25) is 0 Å². The van der Waals surface area contributed by atoms with Crippen LogP contribution in [0.4, 0.5) is 14.5 Å². The number of nitrogens with zero attached hydrogens (tertiary/aromatic N) is 3. The van der Waals surface area contributed by atoms with Crippen molar-refractivity contribution < 1.29 is 18.0 Å². The zero-order chi connectivity index (χ0) is 18.1. The monoisotopic (exact) mass is 362 g/mol. The van der Waals surface area contributed by atoms with Gasteiger partial charge >= 0.3 is 0 Å².